The van der Waals surface area contributed by atoms with Crippen molar-refractivity contribution in [2.24, 2.45) is 0 Å². The maximum Gasteiger partial charge on any atom is 0.241 e. The lowest BCUT2D eigenvalue weighted by atomic mass is 10.1. The highest BCUT2D eigenvalue weighted by Crippen LogP contribution is 2.25. The van der Waals surface area contributed by atoms with E-state index in [1.165, 1.54) is 12.8 Å². The Morgan fingerprint density at radius 2 is 1.75 bits per heavy atom. The SMILES string of the molecule is O=C(CN1CCCCCC1)N(c1ccccc1)[C@H]1CCS(=O)(=O)C1. The molecule has 0 N–H and O–H groups in total. The number of para-hydroxylation sites is 1. The molecule has 2 heterocycles. The molecule has 24 heavy (non-hydrogen) atoms. The molecule has 5 nitrogen and oxygen atoms in total. The number of amides is 1. The second kappa shape index (κ2) is 7.66. The molecule has 0 bridgehead atoms. The van der Waals surface area contributed by atoms with E-state index in [0.29, 0.717) is 13.0 Å². The van der Waals surface area contributed by atoms with E-state index in [2.05, 4.69) is 4.90 Å². The van der Waals surface area contributed by atoms with Crippen molar-refractivity contribution in [1.29, 1.82) is 0 Å². The zero-order valence-corrected chi connectivity index (χ0v) is 14.9. The van der Waals surface area contributed by atoms with E-state index < -0.39 is 9.84 Å². The third-order valence-corrected chi connectivity index (χ3v) is 6.68. The first kappa shape index (κ1) is 17.4. The van der Waals surface area contributed by atoms with Crippen LogP contribution in [0.4, 0.5) is 5.69 Å². The second-order valence-corrected chi connectivity index (χ2v) is 9.08. The Morgan fingerprint density at radius 3 is 2.33 bits per heavy atom. The Kier molecular flexibility index (Phi) is 5.56. The third-order valence-electron chi connectivity index (χ3n) is 4.93. The number of carbonyl (C=O) groups excluding carboxylic acids is 1. The molecule has 0 unspecified atom stereocenters. The van der Waals surface area contributed by atoms with E-state index in [9.17, 15) is 13.2 Å². The van der Waals surface area contributed by atoms with Crippen LogP contribution < -0.4 is 4.90 Å². The van der Waals surface area contributed by atoms with Gasteiger partial charge in [-0.2, -0.15) is 0 Å². The Bertz CT molecular complexity index is 652. The lowest BCUT2D eigenvalue weighted by Crippen LogP contribution is -2.46. The first-order valence-electron chi connectivity index (χ1n) is 8.85. The summed E-state index contributed by atoms with van der Waals surface area (Å²) in [6.07, 6.45) is 5.26. The molecule has 0 aliphatic carbocycles. The number of carbonyl (C=O) groups is 1. The molecule has 1 aromatic carbocycles. The predicted molar refractivity (Wildman–Crippen MR) is 95.9 cm³/mol. The van der Waals surface area contributed by atoms with Crippen molar-refractivity contribution in [3.05, 3.63) is 30.3 Å². The van der Waals surface area contributed by atoms with Gasteiger partial charge in [-0.3, -0.25) is 9.69 Å². The predicted octanol–water partition coefficient (Wildman–Crippen LogP) is 2.08. The average Bonchev–Trinajstić information content (AvgIpc) is 2.75. The number of benzene rings is 1. The van der Waals surface area contributed by atoms with Gasteiger partial charge in [0.1, 0.15) is 0 Å². The third kappa shape index (κ3) is 4.36. The molecule has 0 aromatic heterocycles. The van der Waals surface area contributed by atoms with E-state index in [0.717, 1.165) is 31.6 Å². The van der Waals surface area contributed by atoms with Gasteiger partial charge in [-0.1, -0.05) is 31.0 Å². The van der Waals surface area contributed by atoms with Crippen LogP contribution in [0.1, 0.15) is 32.1 Å². The molecule has 6 heteroatoms. The smallest absolute Gasteiger partial charge is 0.241 e. The van der Waals surface area contributed by atoms with E-state index in [1.54, 1.807) is 4.90 Å². The molecular weight excluding hydrogens is 324 g/mol. The fourth-order valence-electron chi connectivity index (χ4n) is 3.69. The van der Waals surface area contributed by atoms with Gasteiger partial charge in [0.15, 0.2) is 9.84 Å². The van der Waals surface area contributed by atoms with Gasteiger partial charge in [0.25, 0.3) is 0 Å². The summed E-state index contributed by atoms with van der Waals surface area (Å²) in [7, 11) is -3.03. The number of anilines is 1. The summed E-state index contributed by atoms with van der Waals surface area (Å²) in [4.78, 5) is 17.0. The van der Waals surface area contributed by atoms with Crippen molar-refractivity contribution in [3.63, 3.8) is 0 Å². The lowest BCUT2D eigenvalue weighted by molar-refractivity contribution is -0.120. The van der Waals surface area contributed by atoms with Crippen molar-refractivity contribution >= 4 is 21.4 Å². The van der Waals surface area contributed by atoms with Crippen LogP contribution in [0.25, 0.3) is 0 Å². The molecule has 132 valence electrons. The van der Waals surface area contributed by atoms with Gasteiger partial charge in [-0.15, -0.1) is 0 Å². The largest absolute Gasteiger partial charge is 0.307 e. The molecule has 1 atom stereocenters. The Morgan fingerprint density at radius 1 is 1.08 bits per heavy atom. The number of sulfone groups is 1. The van der Waals surface area contributed by atoms with Crippen molar-refractivity contribution in [2.75, 3.05) is 36.0 Å². The van der Waals surface area contributed by atoms with Crippen molar-refractivity contribution in [2.45, 2.75) is 38.1 Å². The highest BCUT2D eigenvalue weighted by atomic mass is 32.2. The fourth-order valence-corrected chi connectivity index (χ4v) is 5.39. The number of likely N-dealkylation sites (tertiary alicyclic amines) is 1. The molecular formula is C18H26N2O3S. The maximum absolute atomic E-state index is 13.0. The van der Waals surface area contributed by atoms with E-state index >= 15 is 0 Å². The molecule has 0 radical (unpaired) electrons. The van der Waals surface area contributed by atoms with Crippen molar-refractivity contribution in [3.8, 4) is 0 Å². The molecule has 0 spiro atoms. The molecule has 1 aromatic rings. The maximum atomic E-state index is 13.0. The molecule has 2 aliphatic rings. The molecule has 2 aliphatic heterocycles. The summed E-state index contributed by atoms with van der Waals surface area (Å²) in [6, 6.07) is 9.25. The van der Waals surface area contributed by atoms with Gasteiger partial charge in [0.2, 0.25) is 5.91 Å². The van der Waals surface area contributed by atoms with Gasteiger partial charge in [0, 0.05) is 5.69 Å². The van der Waals surface area contributed by atoms with Crippen LogP contribution in [0.5, 0.6) is 0 Å². The van der Waals surface area contributed by atoms with E-state index in [-0.39, 0.29) is 23.5 Å². The van der Waals surface area contributed by atoms with Crippen LogP contribution in [0.15, 0.2) is 30.3 Å². The molecule has 1 amide bonds. The quantitative estimate of drug-likeness (QED) is 0.834. The summed E-state index contributed by atoms with van der Waals surface area (Å²) in [5.41, 5.74) is 0.805. The number of nitrogens with zero attached hydrogens (tertiary/aromatic N) is 2. The molecule has 3 rings (SSSR count). The Hall–Kier alpha value is -1.40. The molecule has 2 saturated heterocycles. The van der Waals surface area contributed by atoms with Gasteiger partial charge >= 0.3 is 0 Å². The topological polar surface area (TPSA) is 57.7 Å². The summed E-state index contributed by atoms with van der Waals surface area (Å²) in [5.74, 6) is 0.274. The Balaban J connectivity index is 1.77. The van der Waals surface area contributed by atoms with Crippen LogP contribution in [0.3, 0.4) is 0 Å². The highest BCUT2D eigenvalue weighted by Gasteiger charge is 2.35. The molecule has 2 fully saturated rings. The first-order valence-corrected chi connectivity index (χ1v) is 10.7. The minimum atomic E-state index is -3.03. The summed E-state index contributed by atoms with van der Waals surface area (Å²) in [6.45, 7) is 2.29. The van der Waals surface area contributed by atoms with Crippen molar-refractivity contribution in [1.82, 2.24) is 4.90 Å². The number of hydrogen-bond donors (Lipinski definition) is 0. The van der Waals surface area contributed by atoms with Gasteiger partial charge in [-0.25, -0.2) is 8.42 Å². The Labute approximate surface area is 144 Å². The fraction of sp³-hybridized carbons (Fsp3) is 0.611. The van der Waals surface area contributed by atoms with Gasteiger partial charge in [0.05, 0.1) is 24.1 Å². The number of rotatable bonds is 4. The molecule has 0 saturated carbocycles. The normalized spacial score (nSPS) is 24.4. The van der Waals surface area contributed by atoms with Crippen LogP contribution in [-0.2, 0) is 14.6 Å². The van der Waals surface area contributed by atoms with Gasteiger partial charge in [-0.05, 0) is 44.5 Å². The number of hydrogen-bond acceptors (Lipinski definition) is 4. The average molecular weight is 350 g/mol. The summed E-state index contributed by atoms with van der Waals surface area (Å²) in [5, 5.41) is 0. The zero-order valence-electron chi connectivity index (χ0n) is 14.1. The highest BCUT2D eigenvalue weighted by molar-refractivity contribution is 7.91. The van der Waals surface area contributed by atoms with E-state index in [4.69, 9.17) is 0 Å². The van der Waals surface area contributed by atoms with Gasteiger partial charge < -0.3 is 4.90 Å². The van der Waals surface area contributed by atoms with Crippen LogP contribution in [0.2, 0.25) is 0 Å². The van der Waals surface area contributed by atoms with Crippen molar-refractivity contribution < 1.29 is 13.2 Å². The van der Waals surface area contributed by atoms with E-state index in [1.807, 2.05) is 30.3 Å². The first-order chi connectivity index (χ1) is 11.6. The minimum absolute atomic E-state index is 0.0187. The van der Waals surface area contributed by atoms with Crippen LogP contribution in [-0.4, -0.2) is 56.4 Å². The summed E-state index contributed by atoms with van der Waals surface area (Å²) < 4.78 is 23.8. The summed E-state index contributed by atoms with van der Waals surface area (Å²) >= 11 is 0. The monoisotopic (exact) mass is 350 g/mol. The standard InChI is InChI=1S/C18H26N2O3S/c21-18(14-19-11-6-1-2-7-12-19)20(16-8-4-3-5-9-16)17-10-13-24(22,23)15-17/h3-5,8-9,17H,1-2,6-7,10-15H2/t17-/m0/s1. The second-order valence-electron chi connectivity index (χ2n) is 6.85. The zero-order chi connectivity index (χ0) is 17.0. The minimum Gasteiger partial charge on any atom is -0.307 e. The lowest BCUT2D eigenvalue weighted by Gasteiger charge is -2.31. The van der Waals surface area contributed by atoms with Crippen LogP contribution in [0, 0.1) is 0 Å². The van der Waals surface area contributed by atoms with Crippen LogP contribution >= 0.6 is 0 Å².